The summed E-state index contributed by atoms with van der Waals surface area (Å²) in [5, 5.41) is 11.0. The molecule has 3 rings (SSSR count). The third-order valence-electron chi connectivity index (χ3n) is 4.04. The minimum Gasteiger partial charge on any atom is -0.466 e. The first kappa shape index (κ1) is 19.5. The van der Waals surface area contributed by atoms with Gasteiger partial charge in [0.1, 0.15) is 17.2 Å². The van der Waals surface area contributed by atoms with E-state index in [1.807, 2.05) is 6.07 Å². The lowest BCUT2D eigenvalue weighted by molar-refractivity contribution is -0.155. The number of nitrogens with one attached hydrogen (secondary N) is 1. The lowest BCUT2D eigenvalue weighted by atomic mass is 10.2. The number of anilines is 1. The average molecular weight is 399 g/mol. The second kappa shape index (κ2) is 8.63. The fourth-order valence-electron chi connectivity index (χ4n) is 2.82. The molecule has 0 aliphatic carbocycles. The Morgan fingerprint density at radius 2 is 2.18 bits per heavy atom. The molecule has 144 valence electrons. The number of carbonyl (C=O) groups excluding carboxylic acids is 3. The molecule has 0 spiro atoms. The van der Waals surface area contributed by atoms with Crippen LogP contribution in [0.25, 0.3) is 0 Å². The quantitative estimate of drug-likeness (QED) is 0.768. The minimum atomic E-state index is -0.799. The molecule has 1 N–H and O–H groups in total. The predicted molar refractivity (Wildman–Crippen MR) is 101 cm³/mol. The molecule has 0 bridgehead atoms. The van der Waals surface area contributed by atoms with Crippen molar-refractivity contribution in [2.45, 2.75) is 18.3 Å². The van der Waals surface area contributed by atoms with E-state index >= 15 is 0 Å². The number of hydrogen-bond donors (Lipinski definition) is 1. The third kappa shape index (κ3) is 4.35. The summed E-state index contributed by atoms with van der Waals surface area (Å²) in [5.41, 5.74) is 0.832. The summed E-state index contributed by atoms with van der Waals surface area (Å²) in [7, 11) is 0. The van der Waals surface area contributed by atoms with Crippen LogP contribution >= 0.6 is 11.8 Å². The number of ether oxygens (including phenoxy) is 1. The molecule has 0 unspecified atom stereocenters. The summed E-state index contributed by atoms with van der Waals surface area (Å²) < 4.78 is 10.5. The van der Waals surface area contributed by atoms with Crippen molar-refractivity contribution in [3.05, 3.63) is 54.0 Å². The van der Waals surface area contributed by atoms with Gasteiger partial charge in [0.15, 0.2) is 6.61 Å². The molecule has 1 fully saturated rings. The monoisotopic (exact) mass is 399 g/mol. The van der Waals surface area contributed by atoms with Crippen LogP contribution in [-0.2, 0) is 19.1 Å². The van der Waals surface area contributed by atoms with E-state index in [0.717, 1.165) is 0 Å². The molecule has 8 nitrogen and oxygen atoms in total. The molecule has 1 aromatic carbocycles. The first-order chi connectivity index (χ1) is 13.5. The molecule has 2 aromatic rings. The number of thioether (sulfide) groups is 1. The maximum absolute atomic E-state index is 12.4. The van der Waals surface area contributed by atoms with E-state index in [9.17, 15) is 14.4 Å². The van der Waals surface area contributed by atoms with Gasteiger partial charge in [-0.05, 0) is 30.3 Å². The van der Waals surface area contributed by atoms with Crippen molar-refractivity contribution in [3.63, 3.8) is 0 Å². The Morgan fingerprint density at radius 1 is 1.36 bits per heavy atom. The molecular weight excluding hydrogens is 382 g/mol. The van der Waals surface area contributed by atoms with E-state index in [0.29, 0.717) is 22.8 Å². The number of nitrogens with zero attached hydrogens (tertiary/aromatic N) is 2. The average Bonchev–Trinajstić information content (AvgIpc) is 3.35. The Hall–Kier alpha value is -3.25. The molecule has 0 saturated carbocycles. The van der Waals surface area contributed by atoms with Crippen molar-refractivity contribution in [1.29, 1.82) is 5.26 Å². The standard InChI is InChI=1S/C19H17N3O5S/c1-12(23)22-15(11-28-18(22)16-6-3-7-26-16)19(25)27-10-17(24)21-14-5-2-4-13(8-14)9-20/h2-8,15,18H,10-11H2,1H3,(H,21,24)/t15-,18+/m1/s1. The largest absolute Gasteiger partial charge is 0.466 e. The fraction of sp³-hybridized carbons (Fsp3) is 0.263. The van der Waals surface area contributed by atoms with E-state index in [2.05, 4.69) is 5.32 Å². The zero-order valence-corrected chi connectivity index (χ0v) is 15.8. The SMILES string of the molecule is CC(=O)N1[C@@H](C(=O)OCC(=O)Nc2cccc(C#N)c2)CS[C@H]1c1ccco1. The van der Waals surface area contributed by atoms with Crippen LogP contribution in [0.3, 0.4) is 0 Å². The van der Waals surface area contributed by atoms with Gasteiger partial charge in [-0.2, -0.15) is 5.26 Å². The van der Waals surface area contributed by atoms with Gasteiger partial charge in [0, 0.05) is 18.4 Å². The number of amides is 2. The molecular formula is C19H17N3O5S. The van der Waals surface area contributed by atoms with Crippen LogP contribution in [0.1, 0.15) is 23.6 Å². The lowest BCUT2D eigenvalue weighted by Crippen LogP contribution is -2.43. The van der Waals surface area contributed by atoms with E-state index in [1.54, 1.807) is 30.3 Å². The predicted octanol–water partition coefficient (Wildman–Crippen LogP) is 2.30. The van der Waals surface area contributed by atoms with Gasteiger partial charge in [0.25, 0.3) is 5.91 Å². The second-order valence-electron chi connectivity index (χ2n) is 5.99. The molecule has 2 heterocycles. The van der Waals surface area contributed by atoms with Gasteiger partial charge >= 0.3 is 5.97 Å². The molecule has 0 radical (unpaired) electrons. The van der Waals surface area contributed by atoms with Gasteiger partial charge in [-0.25, -0.2) is 4.79 Å². The van der Waals surface area contributed by atoms with Crippen molar-refractivity contribution in [2.24, 2.45) is 0 Å². The van der Waals surface area contributed by atoms with Crippen LogP contribution in [0.5, 0.6) is 0 Å². The van der Waals surface area contributed by atoms with Crippen LogP contribution in [-0.4, -0.2) is 41.1 Å². The molecule has 1 aliphatic heterocycles. The Morgan fingerprint density at radius 3 is 2.86 bits per heavy atom. The molecule has 1 aromatic heterocycles. The van der Waals surface area contributed by atoms with Gasteiger partial charge in [-0.15, -0.1) is 11.8 Å². The Labute approximate surface area is 165 Å². The van der Waals surface area contributed by atoms with Crippen molar-refractivity contribution >= 4 is 35.2 Å². The van der Waals surface area contributed by atoms with Gasteiger partial charge in [0.05, 0.1) is 17.9 Å². The third-order valence-corrected chi connectivity index (χ3v) is 5.33. The van der Waals surface area contributed by atoms with Crippen molar-refractivity contribution < 1.29 is 23.5 Å². The number of esters is 1. The number of nitriles is 1. The number of rotatable bonds is 5. The minimum absolute atomic E-state index is 0.286. The molecule has 1 saturated heterocycles. The summed E-state index contributed by atoms with van der Waals surface area (Å²) >= 11 is 1.39. The van der Waals surface area contributed by atoms with Crippen LogP contribution < -0.4 is 5.32 Å². The zero-order chi connectivity index (χ0) is 20.1. The summed E-state index contributed by atoms with van der Waals surface area (Å²) in [6.45, 7) is 0.880. The molecule has 28 heavy (non-hydrogen) atoms. The number of carbonyl (C=O) groups is 3. The van der Waals surface area contributed by atoms with Gasteiger partial charge in [-0.3, -0.25) is 9.59 Å². The number of hydrogen-bond acceptors (Lipinski definition) is 7. The Bertz CT molecular complexity index is 922. The normalized spacial score (nSPS) is 18.4. The van der Waals surface area contributed by atoms with Crippen molar-refractivity contribution in [3.8, 4) is 6.07 Å². The van der Waals surface area contributed by atoms with E-state index in [-0.39, 0.29) is 5.91 Å². The maximum atomic E-state index is 12.4. The molecule has 1 aliphatic rings. The van der Waals surface area contributed by atoms with Crippen molar-refractivity contribution in [2.75, 3.05) is 17.7 Å². The zero-order valence-electron chi connectivity index (χ0n) is 15.0. The molecule has 2 atom stereocenters. The molecule has 9 heteroatoms. The van der Waals surface area contributed by atoms with Crippen LogP contribution in [0.2, 0.25) is 0 Å². The van der Waals surface area contributed by atoms with E-state index < -0.39 is 29.9 Å². The highest BCUT2D eigenvalue weighted by Gasteiger charge is 2.43. The second-order valence-corrected chi connectivity index (χ2v) is 7.10. The number of furan rings is 1. The highest BCUT2D eigenvalue weighted by Crippen LogP contribution is 2.41. The first-order valence-corrected chi connectivity index (χ1v) is 9.45. The van der Waals surface area contributed by atoms with E-state index in [4.69, 9.17) is 14.4 Å². The summed E-state index contributed by atoms with van der Waals surface area (Å²) in [6, 6.07) is 11.0. The van der Waals surface area contributed by atoms with Gasteiger partial charge in [0.2, 0.25) is 5.91 Å². The highest BCUT2D eigenvalue weighted by atomic mass is 32.2. The van der Waals surface area contributed by atoms with Crippen molar-refractivity contribution in [1.82, 2.24) is 4.90 Å². The summed E-state index contributed by atoms with van der Waals surface area (Å²) in [5.74, 6) is -0.559. The smallest absolute Gasteiger partial charge is 0.330 e. The van der Waals surface area contributed by atoms with Crippen LogP contribution in [0, 0.1) is 11.3 Å². The topological polar surface area (TPSA) is 113 Å². The fourth-order valence-corrected chi connectivity index (χ4v) is 4.24. The van der Waals surface area contributed by atoms with E-state index in [1.165, 1.54) is 35.9 Å². The van der Waals surface area contributed by atoms with Crippen LogP contribution in [0.15, 0.2) is 47.1 Å². The van der Waals surface area contributed by atoms with Gasteiger partial charge in [-0.1, -0.05) is 6.07 Å². The molecule has 2 amide bonds. The lowest BCUT2D eigenvalue weighted by Gasteiger charge is -2.25. The Balaban J connectivity index is 1.58. The summed E-state index contributed by atoms with van der Waals surface area (Å²) in [4.78, 5) is 37.9. The van der Waals surface area contributed by atoms with Crippen LogP contribution in [0.4, 0.5) is 5.69 Å². The first-order valence-electron chi connectivity index (χ1n) is 8.40. The highest BCUT2D eigenvalue weighted by molar-refractivity contribution is 7.99. The van der Waals surface area contributed by atoms with Gasteiger partial charge < -0.3 is 19.4 Å². The number of benzene rings is 1. The Kier molecular flexibility index (Phi) is 6.01. The summed E-state index contributed by atoms with van der Waals surface area (Å²) in [6.07, 6.45) is 1.51. The maximum Gasteiger partial charge on any atom is 0.330 e.